The van der Waals surface area contributed by atoms with E-state index < -0.39 is 11.9 Å². The van der Waals surface area contributed by atoms with Crippen LogP contribution in [-0.4, -0.2) is 35.0 Å². The first-order chi connectivity index (χ1) is 10.0. The summed E-state index contributed by atoms with van der Waals surface area (Å²) in [6, 6.07) is 5.28. The number of carboxylic acids is 1. The maximum absolute atomic E-state index is 11.9. The van der Waals surface area contributed by atoms with Crippen LogP contribution >= 0.6 is 11.6 Å². The molecule has 21 heavy (non-hydrogen) atoms. The third-order valence-electron chi connectivity index (χ3n) is 3.41. The minimum Gasteiger partial charge on any atom is -0.493 e. The van der Waals surface area contributed by atoms with E-state index in [0.717, 1.165) is 12.0 Å². The number of carbonyl (C=O) groups is 2. The van der Waals surface area contributed by atoms with Crippen LogP contribution < -0.4 is 4.74 Å². The van der Waals surface area contributed by atoms with E-state index in [1.54, 1.807) is 23.1 Å². The zero-order valence-corrected chi connectivity index (χ0v) is 12.6. The number of nitrogens with zero attached hydrogens (tertiary/aromatic N) is 1. The van der Waals surface area contributed by atoms with Crippen LogP contribution in [0.3, 0.4) is 0 Å². The smallest absolute Gasteiger partial charge is 0.308 e. The molecule has 0 saturated carbocycles. The van der Waals surface area contributed by atoms with Crippen LogP contribution in [0.15, 0.2) is 18.2 Å². The molecule has 0 aromatic heterocycles. The van der Waals surface area contributed by atoms with Gasteiger partial charge in [-0.1, -0.05) is 18.5 Å². The second-order valence-corrected chi connectivity index (χ2v) is 5.55. The molecule has 0 bridgehead atoms. The molecule has 1 amide bonds. The summed E-state index contributed by atoms with van der Waals surface area (Å²) in [4.78, 5) is 24.4. The van der Waals surface area contributed by atoms with Gasteiger partial charge < -0.3 is 14.7 Å². The topological polar surface area (TPSA) is 66.8 Å². The highest BCUT2D eigenvalue weighted by molar-refractivity contribution is 6.30. The van der Waals surface area contributed by atoms with Crippen molar-refractivity contribution in [2.45, 2.75) is 26.3 Å². The van der Waals surface area contributed by atoms with Gasteiger partial charge in [0.15, 0.2) is 0 Å². The fourth-order valence-electron chi connectivity index (χ4n) is 2.32. The lowest BCUT2D eigenvalue weighted by Gasteiger charge is -2.19. The van der Waals surface area contributed by atoms with Crippen LogP contribution in [0.1, 0.15) is 25.3 Å². The van der Waals surface area contributed by atoms with Crippen molar-refractivity contribution in [1.82, 2.24) is 4.90 Å². The summed E-state index contributed by atoms with van der Waals surface area (Å²) < 4.78 is 5.65. The fraction of sp³-hybridized carbons (Fsp3) is 0.467. The number of benzene rings is 1. The molecule has 1 aliphatic rings. The SMILES string of the molecule is CCCOc1ccc(Cl)cc1CN1CC(C(=O)O)CC1=O. The first kappa shape index (κ1) is 15.6. The number of halogens is 1. The van der Waals surface area contributed by atoms with Crippen molar-refractivity contribution in [2.75, 3.05) is 13.2 Å². The predicted octanol–water partition coefficient (Wildman–Crippen LogP) is 2.56. The summed E-state index contributed by atoms with van der Waals surface area (Å²) in [5.74, 6) is -1.02. The van der Waals surface area contributed by atoms with Crippen molar-refractivity contribution in [1.29, 1.82) is 0 Å². The Labute approximate surface area is 128 Å². The summed E-state index contributed by atoms with van der Waals surface area (Å²) in [7, 11) is 0. The average molecular weight is 312 g/mol. The van der Waals surface area contributed by atoms with Crippen molar-refractivity contribution < 1.29 is 19.4 Å². The monoisotopic (exact) mass is 311 g/mol. The highest BCUT2D eigenvalue weighted by atomic mass is 35.5. The van der Waals surface area contributed by atoms with E-state index >= 15 is 0 Å². The van der Waals surface area contributed by atoms with Crippen LogP contribution in [0.25, 0.3) is 0 Å². The number of ether oxygens (including phenoxy) is 1. The number of carboxylic acid groups (broad SMARTS) is 1. The Balaban J connectivity index is 2.13. The predicted molar refractivity (Wildman–Crippen MR) is 78.4 cm³/mol. The van der Waals surface area contributed by atoms with Crippen molar-refractivity contribution in [3.8, 4) is 5.75 Å². The van der Waals surface area contributed by atoms with Gasteiger partial charge in [-0.15, -0.1) is 0 Å². The third kappa shape index (κ3) is 3.88. The van der Waals surface area contributed by atoms with Gasteiger partial charge in [0.1, 0.15) is 5.75 Å². The molecule has 1 saturated heterocycles. The second-order valence-electron chi connectivity index (χ2n) is 5.11. The van der Waals surface area contributed by atoms with Gasteiger partial charge in [0.2, 0.25) is 5.91 Å². The minimum atomic E-state index is -0.931. The highest BCUT2D eigenvalue weighted by Gasteiger charge is 2.34. The van der Waals surface area contributed by atoms with Gasteiger partial charge >= 0.3 is 5.97 Å². The second kappa shape index (κ2) is 6.80. The van der Waals surface area contributed by atoms with E-state index in [1.807, 2.05) is 6.92 Å². The summed E-state index contributed by atoms with van der Waals surface area (Å²) in [5.41, 5.74) is 0.801. The number of likely N-dealkylation sites (tertiary alicyclic amines) is 1. The molecule has 1 fully saturated rings. The first-order valence-corrected chi connectivity index (χ1v) is 7.31. The quantitative estimate of drug-likeness (QED) is 0.877. The summed E-state index contributed by atoms with van der Waals surface area (Å²) in [6.07, 6.45) is 0.937. The van der Waals surface area contributed by atoms with E-state index in [4.69, 9.17) is 21.4 Å². The van der Waals surface area contributed by atoms with Gasteiger partial charge in [-0.2, -0.15) is 0 Å². The molecule has 1 aromatic carbocycles. The lowest BCUT2D eigenvalue weighted by atomic mass is 10.1. The number of rotatable bonds is 6. The molecular weight excluding hydrogens is 294 g/mol. The van der Waals surface area contributed by atoms with Crippen molar-refractivity contribution >= 4 is 23.5 Å². The zero-order valence-electron chi connectivity index (χ0n) is 11.8. The molecule has 1 heterocycles. The number of carbonyl (C=O) groups excluding carboxylic acids is 1. The van der Waals surface area contributed by atoms with Crippen LogP contribution in [0.2, 0.25) is 5.02 Å². The lowest BCUT2D eigenvalue weighted by molar-refractivity contribution is -0.141. The van der Waals surface area contributed by atoms with Crippen molar-refractivity contribution in [3.63, 3.8) is 0 Å². The van der Waals surface area contributed by atoms with Gasteiger partial charge in [0.25, 0.3) is 0 Å². The van der Waals surface area contributed by atoms with Gasteiger partial charge in [-0.25, -0.2) is 0 Å². The van der Waals surface area contributed by atoms with Crippen LogP contribution in [-0.2, 0) is 16.1 Å². The third-order valence-corrected chi connectivity index (χ3v) is 3.64. The summed E-state index contributed by atoms with van der Waals surface area (Å²) in [6.45, 7) is 3.15. The summed E-state index contributed by atoms with van der Waals surface area (Å²) >= 11 is 6.00. The maximum Gasteiger partial charge on any atom is 0.308 e. The minimum absolute atomic E-state index is 0.0566. The van der Waals surface area contributed by atoms with E-state index in [9.17, 15) is 9.59 Å². The normalized spacial score (nSPS) is 18.1. The summed E-state index contributed by atoms with van der Waals surface area (Å²) in [5, 5.41) is 9.57. The van der Waals surface area contributed by atoms with Crippen molar-refractivity contribution in [2.24, 2.45) is 5.92 Å². The highest BCUT2D eigenvalue weighted by Crippen LogP contribution is 2.27. The Hall–Kier alpha value is -1.75. The van der Waals surface area contributed by atoms with Crippen LogP contribution in [0.5, 0.6) is 5.75 Å². The van der Waals surface area contributed by atoms with Gasteiger partial charge in [-0.3, -0.25) is 9.59 Å². The molecule has 1 atom stereocenters. The number of amides is 1. The van der Waals surface area contributed by atoms with Crippen LogP contribution in [0.4, 0.5) is 0 Å². The molecule has 1 unspecified atom stereocenters. The van der Waals surface area contributed by atoms with E-state index in [-0.39, 0.29) is 18.9 Å². The molecule has 1 aromatic rings. The average Bonchev–Trinajstić information content (AvgIpc) is 2.80. The Morgan fingerprint density at radius 2 is 2.29 bits per heavy atom. The van der Waals surface area contributed by atoms with E-state index in [0.29, 0.717) is 23.9 Å². The number of hydrogen-bond donors (Lipinski definition) is 1. The lowest BCUT2D eigenvalue weighted by Crippen LogP contribution is -2.26. The number of hydrogen-bond acceptors (Lipinski definition) is 3. The van der Waals surface area contributed by atoms with Gasteiger partial charge in [0, 0.05) is 30.1 Å². The maximum atomic E-state index is 11.9. The Morgan fingerprint density at radius 3 is 2.90 bits per heavy atom. The molecule has 0 spiro atoms. The fourth-order valence-corrected chi connectivity index (χ4v) is 2.52. The Bertz CT molecular complexity index is 546. The zero-order chi connectivity index (χ0) is 15.4. The number of aliphatic carboxylic acids is 1. The van der Waals surface area contributed by atoms with Gasteiger partial charge in [0.05, 0.1) is 12.5 Å². The molecule has 5 nitrogen and oxygen atoms in total. The van der Waals surface area contributed by atoms with Crippen molar-refractivity contribution in [3.05, 3.63) is 28.8 Å². The Kier molecular flexibility index (Phi) is 5.07. The molecule has 114 valence electrons. The molecule has 6 heteroatoms. The molecular formula is C15H18ClNO4. The molecule has 0 aliphatic carbocycles. The molecule has 0 radical (unpaired) electrons. The largest absolute Gasteiger partial charge is 0.493 e. The standard InChI is InChI=1S/C15H18ClNO4/c1-2-5-21-13-4-3-12(16)6-10(13)8-17-9-11(15(19)20)7-14(17)18/h3-4,6,11H,2,5,7-9H2,1H3,(H,19,20). The van der Waals surface area contributed by atoms with Crippen LogP contribution in [0, 0.1) is 5.92 Å². The van der Waals surface area contributed by atoms with Gasteiger partial charge in [-0.05, 0) is 24.6 Å². The first-order valence-electron chi connectivity index (χ1n) is 6.93. The Morgan fingerprint density at radius 1 is 1.52 bits per heavy atom. The molecule has 1 aliphatic heterocycles. The molecule has 1 N–H and O–H groups in total. The molecule has 2 rings (SSSR count). The van der Waals surface area contributed by atoms with E-state index in [2.05, 4.69) is 0 Å². The van der Waals surface area contributed by atoms with E-state index in [1.165, 1.54) is 0 Å².